The third-order valence-electron chi connectivity index (χ3n) is 3.81. The molecule has 9 nitrogen and oxygen atoms in total. The number of nitrogens with zero attached hydrogens (tertiary/aromatic N) is 4. The standard InChI is InChI=1S/C17H18Cl2F2N4O4.Fe.H2O/c1-15(2)11(26)22-9-5-7(18)8(19)6-10(9)23-12(27)16(3,4)25-14(29)17(20,21)13(28)24-15;;/h5-6H,1-4H3,(H4,22,23,24,25,26,27,28,29);;1H2/q;+4;/p-3. The van der Waals surface area contributed by atoms with Crippen LogP contribution in [-0.2, 0) is 41.7 Å². The van der Waals surface area contributed by atoms with Gasteiger partial charge in [0.05, 0.1) is 10.0 Å². The molecule has 1 aromatic rings. The number of fused-ring (bicyclic) bond motifs is 1. The van der Waals surface area contributed by atoms with Gasteiger partial charge in [-0.1, -0.05) is 74.1 Å². The minimum Gasteiger partial charge on any atom is -0.638 e. The van der Waals surface area contributed by atoms with E-state index in [4.69, 9.17) is 23.2 Å². The molecule has 1 heterocycles. The van der Waals surface area contributed by atoms with Gasteiger partial charge in [-0.15, -0.1) is 11.4 Å². The summed E-state index contributed by atoms with van der Waals surface area (Å²) in [6, 6.07) is 2.27. The van der Waals surface area contributed by atoms with Gasteiger partial charge in [0.1, 0.15) is 11.8 Å². The Balaban J connectivity index is 0.00000450. The molecule has 14 heteroatoms. The molecule has 31 heavy (non-hydrogen) atoms. The van der Waals surface area contributed by atoms with Gasteiger partial charge in [-0.05, 0) is 0 Å². The summed E-state index contributed by atoms with van der Waals surface area (Å²) in [5.41, 5.74) is -4.53. The Hall–Kier alpha value is -1.98. The van der Waals surface area contributed by atoms with Gasteiger partial charge in [0, 0.05) is 11.8 Å². The van der Waals surface area contributed by atoms with Crippen molar-refractivity contribution in [1.29, 1.82) is 0 Å². The number of hydrogen-bond acceptors (Lipinski definition) is 4. The number of carbonyl (C=O) groups excluding carboxylic acids is 4. The maximum atomic E-state index is 14.2. The number of benzene rings is 1. The predicted octanol–water partition coefficient (Wildman–Crippen LogP) is 4.14. The molecular formula is C17H17Cl2F2FeN4O5+. The number of rotatable bonds is 0. The van der Waals surface area contributed by atoms with E-state index in [9.17, 15) is 28.0 Å². The zero-order valence-corrected chi connectivity index (χ0v) is 19.1. The molecule has 3 N–H and O–H groups in total. The monoisotopic (exact) mass is 521 g/mol. The number of hydrogen-bond donors (Lipinski definition) is 0. The smallest absolute Gasteiger partial charge is 0.638 e. The first kappa shape index (κ1) is 29.0. The van der Waals surface area contributed by atoms with Gasteiger partial charge in [0.2, 0.25) is 0 Å². The van der Waals surface area contributed by atoms with Crippen LogP contribution in [0.5, 0.6) is 0 Å². The van der Waals surface area contributed by atoms with Crippen LogP contribution in [0.1, 0.15) is 27.7 Å². The van der Waals surface area contributed by atoms with Gasteiger partial charge in [0.15, 0.2) is 0 Å². The van der Waals surface area contributed by atoms with Gasteiger partial charge >= 0.3 is 23.0 Å². The Morgan fingerprint density at radius 2 is 1.00 bits per heavy atom. The third kappa shape index (κ3) is 6.04. The van der Waals surface area contributed by atoms with Crippen molar-refractivity contribution in [3.8, 4) is 0 Å². The average molecular weight is 522 g/mol. The van der Waals surface area contributed by atoms with Crippen molar-refractivity contribution in [1.82, 2.24) is 0 Å². The second-order valence-corrected chi connectivity index (χ2v) is 7.93. The summed E-state index contributed by atoms with van der Waals surface area (Å²) < 4.78 is 28.4. The van der Waals surface area contributed by atoms with Crippen molar-refractivity contribution in [2.24, 2.45) is 0 Å². The van der Waals surface area contributed by atoms with Crippen LogP contribution < -0.4 is 0 Å². The molecular weight excluding hydrogens is 505 g/mol. The Labute approximate surface area is 196 Å². The molecule has 0 saturated carbocycles. The van der Waals surface area contributed by atoms with Crippen molar-refractivity contribution in [2.75, 3.05) is 0 Å². The molecule has 0 fully saturated rings. The fraction of sp³-hybridized carbons (Fsp3) is 0.412. The van der Waals surface area contributed by atoms with Gasteiger partial charge in [-0.2, -0.15) is 8.78 Å². The van der Waals surface area contributed by atoms with Crippen LogP contribution in [0.3, 0.4) is 0 Å². The predicted molar refractivity (Wildman–Crippen MR) is 107 cm³/mol. The van der Waals surface area contributed by atoms with Crippen LogP contribution in [-0.4, -0.2) is 40.6 Å². The Bertz CT molecular complexity index is 857. The molecule has 1 aromatic carbocycles. The zero-order chi connectivity index (χ0) is 22.4. The van der Waals surface area contributed by atoms with E-state index >= 15 is 0 Å². The summed E-state index contributed by atoms with van der Waals surface area (Å²) in [6.07, 6.45) is 0. The Kier molecular flexibility index (Phi) is 9.04. The normalized spacial score (nSPS) is 19.9. The summed E-state index contributed by atoms with van der Waals surface area (Å²) in [4.78, 5) is 48.8. The minimum atomic E-state index is -4.68. The van der Waals surface area contributed by atoms with Crippen molar-refractivity contribution in [3.05, 3.63) is 43.4 Å². The minimum absolute atomic E-state index is 0. The summed E-state index contributed by atoms with van der Waals surface area (Å²) in [5.74, 6) is -11.3. The molecule has 0 aliphatic carbocycles. The summed E-state index contributed by atoms with van der Waals surface area (Å²) in [6.45, 7) is 4.21. The van der Waals surface area contributed by atoms with Crippen LogP contribution in [0.15, 0.2) is 12.1 Å². The molecule has 2 rings (SSSR count). The molecule has 0 bridgehead atoms. The first-order valence-corrected chi connectivity index (χ1v) is 8.77. The van der Waals surface area contributed by atoms with Gasteiger partial charge in [-0.25, -0.2) is 0 Å². The van der Waals surface area contributed by atoms with Crippen molar-refractivity contribution < 1.29 is 50.5 Å². The van der Waals surface area contributed by atoms with Crippen LogP contribution in [0.25, 0.3) is 21.3 Å². The zero-order valence-electron chi connectivity index (χ0n) is 16.5. The first-order chi connectivity index (χ1) is 13.1. The molecule has 0 aromatic heterocycles. The van der Waals surface area contributed by atoms with Crippen molar-refractivity contribution in [2.45, 2.75) is 44.7 Å². The van der Waals surface area contributed by atoms with E-state index in [0.717, 1.165) is 39.8 Å². The molecule has 0 saturated heterocycles. The number of alkyl halides is 2. The van der Waals surface area contributed by atoms with E-state index in [1.165, 1.54) is 0 Å². The third-order valence-corrected chi connectivity index (χ3v) is 4.53. The molecule has 170 valence electrons. The fourth-order valence-electron chi connectivity index (χ4n) is 2.03. The summed E-state index contributed by atoms with van der Waals surface area (Å²) in [5, 5.41) is 13.7. The van der Waals surface area contributed by atoms with E-state index in [0.29, 0.717) is 0 Å². The molecule has 1 aliphatic rings. The summed E-state index contributed by atoms with van der Waals surface area (Å²) >= 11 is 11.8. The quantitative estimate of drug-likeness (QED) is 0.285. The van der Waals surface area contributed by atoms with Crippen LogP contribution in [0, 0.1) is 0 Å². The topological polar surface area (TPSA) is 158 Å². The van der Waals surface area contributed by atoms with Crippen LogP contribution in [0.4, 0.5) is 20.2 Å². The van der Waals surface area contributed by atoms with Crippen LogP contribution in [0.2, 0.25) is 10.0 Å². The number of amides is 4. The first-order valence-electron chi connectivity index (χ1n) is 8.02. The Morgan fingerprint density at radius 3 is 1.29 bits per heavy atom. The second-order valence-electron chi connectivity index (χ2n) is 7.12. The summed E-state index contributed by atoms with van der Waals surface area (Å²) in [7, 11) is 0. The number of carbonyl (C=O) groups is 4. The van der Waals surface area contributed by atoms with E-state index in [-0.39, 0.29) is 44.0 Å². The average Bonchev–Trinajstić information content (AvgIpc) is 2.57. The SMILES string of the molecule is CC1(C)[N-]C(=O)C(F)(F)C(=O)[N-]C(C)(C)C(=O)[N-]c2cc(Cl)c(Cl)cc2[N-]C1=O.[Fe+4].[OH3+]. The van der Waals surface area contributed by atoms with E-state index in [1.54, 1.807) is 0 Å². The molecule has 0 unspecified atom stereocenters. The molecule has 0 radical (unpaired) electrons. The van der Waals surface area contributed by atoms with Crippen LogP contribution >= 0.6 is 23.2 Å². The van der Waals surface area contributed by atoms with Gasteiger partial charge in [-0.3, -0.25) is 0 Å². The molecule has 0 atom stereocenters. The van der Waals surface area contributed by atoms with Gasteiger partial charge < -0.3 is 45.9 Å². The number of halogens is 4. The molecule has 0 spiro atoms. The van der Waals surface area contributed by atoms with E-state index < -0.39 is 40.6 Å². The van der Waals surface area contributed by atoms with Crippen molar-refractivity contribution >= 4 is 58.2 Å². The fourth-order valence-corrected chi connectivity index (χ4v) is 2.35. The van der Waals surface area contributed by atoms with E-state index in [1.807, 2.05) is 0 Å². The van der Waals surface area contributed by atoms with E-state index in [2.05, 4.69) is 21.3 Å². The maximum absolute atomic E-state index is 14.2. The Morgan fingerprint density at radius 1 is 0.710 bits per heavy atom. The molecule has 1 aliphatic heterocycles. The second kappa shape index (κ2) is 9.66. The maximum Gasteiger partial charge on any atom is 4.00 e. The van der Waals surface area contributed by atoms with Crippen molar-refractivity contribution in [3.63, 3.8) is 0 Å². The molecule has 4 amide bonds. The van der Waals surface area contributed by atoms with Gasteiger partial charge in [0.25, 0.3) is 0 Å². The largest absolute Gasteiger partial charge is 4.00 e.